The number of benzene rings is 3. The van der Waals surface area contributed by atoms with Gasteiger partial charge in [0.2, 0.25) is 11.5 Å². The second-order valence-corrected chi connectivity index (χ2v) is 8.83. The highest BCUT2D eigenvalue weighted by molar-refractivity contribution is 6.09. The number of hydrogen-bond acceptors (Lipinski definition) is 10. The topological polar surface area (TPSA) is 134 Å². The fourth-order valence-electron chi connectivity index (χ4n) is 4.79. The van der Waals surface area contributed by atoms with Crippen LogP contribution in [0.5, 0.6) is 46.0 Å². The molecule has 0 spiro atoms. The maximum atomic E-state index is 13.7. The minimum absolute atomic E-state index is 0.121. The predicted molar refractivity (Wildman–Crippen MR) is 148 cm³/mol. The summed E-state index contributed by atoms with van der Waals surface area (Å²) in [7, 11) is 10.2. The molecule has 3 aromatic carbocycles. The summed E-state index contributed by atoms with van der Waals surface area (Å²) in [4.78, 5) is 28.6. The van der Waals surface area contributed by atoms with E-state index in [1.54, 1.807) is 24.3 Å². The monoisotopic (exact) mass is 568 g/mol. The SMILES string of the molecule is COc1ccc([C@H]2[C@H](NC(=O)c3cc(OC)c(OC)c(OC)c3)C(=O)N2c2cc(OC)c(OC)c(OC)c2)cc1O. The van der Waals surface area contributed by atoms with Crippen LogP contribution in [0.15, 0.2) is 42.5 Å². The standard InChI is InChI=1S/C29H32N2O10/c1-35-19-9-8-15(10-18(19)32)25-24(30-28(33)16-11-20(36-2)26(40-6)21(12-16)37-3)29(34)31(25)17-13-22(38-4)27(41-7)23(14-17)39-5/h8-14,24-25,32H,1-7H3,(H,30,33)/t24-,25-/m0/s1. The summed E-state index contributed by atoms with van der Waals surface area (Å²) in [6.07, 6.45) is 0. The number of amides is 2. The van der Waals surface area contributed by atoms with Crippen molar-refractivity contribution >= 4 is 17.5 Å². The number of rotatable bonds is 11. The fourth-order valence-corrected chi connectivity index (χ4v) is 4.79. The van der Waals surface area contributed by atoms with Gasteiger partial charge in [-0.15, -0.1) is 0 Å². The lowest BCUT2D eigenvalue weighted by Gasteiger charge is -2.47. The molecule has 0 aliphatic carbocycles. The molecule has 2 amide bonds. The zero-order valence-electron chi connectivity index (χ0n) is 23.8. The van der Waals surface area contributed by atoms with Gasteiger partial charge in [0.25, 0.3) is 11.8 Å². The first-order valence-corrected chi connectivity index (χ1v) is 12.4. The molecule has 3 aromatic rings. The van der Waals surface area contributed by atoms with Crippen molar-refractivity contribution in [2.75, 3.05) is 54.7 Å². The van der Waals surface area contributed by atoms with Gasteiger partial charge in [0.1, 0.15) is 6.04 Å². The first-order chi connectivity index (χ1) is 19.8. The van der Waals surface area contributed by atoms with Gasteiger partial charge in [0.15, 0.2) is 34.5 Å². The van der Waals surface area contributed by atoms with Crippen molar-refractivity contribution in [2.45, 2.75) is 12.1 Å². The van der Waals surface area contributed by atoms with Crippen molar-refractivity contribution in [2.24, 2.45) is 0 Å². The van der Waals surface area contributed by atoms with E-state index in [2.05, 4.69) is 5.32 Å². The average Bonchev–Trinajstić information content (AvgIpc) is 3.00. The highest BCUT2D eigenvalue weighted by atomic mass is 16.5. The number of ether oxygens (including phenoxy) is 7. The number of hydrogen-bond donors (Lipinski definition) is 2. The van der Waals surface area contributed by atoms with Crippen molar-refractivity contribution in [1.82, 2.24) is 5.32 Å². The second-order valence-electron chi connectivity index (χ2n) is 8.83. The summed E-state index contributed by atoms with van der Waals surface area (Å²) in [5.41, 5.74) is 1.17. The van der Waals surface area contributed by atoms with Crippen LogP contribution in [0.25, 0.3) is 0 Å². The smallest absolute Gasteiger partial charge is 0.252 e. The molecule has 2 atom stereocenters. The number of nitrogens with zero attached hydrogens (tertiary/aromatic N) is 1. The van der Waals surface area contributed by atoms with E-state index in [1.165, 1.54) is 72.9 Å². The predicted octanol–water partition coefficient (Wildman–Crippen LogP) is 3.34. The summed E-state index contributed by atoms with van der Waals surface area (Å²) in [5.74, 6) is 1.13. The number of phenolic OH excluding ortho intramolecular Hbond substituents is 1. The van der Waals surface area contributed by atoms with E-state index in [0.717, 1.165) is 0 Å². The van der Waals surface area contributed by atoms with Gasteiger partial charge >= 0.3 is 0 Å². The van der Waals surface area contributed by atoms with Crippen molar-refractivity contribution < 1.29 is 47.9 Å². The lowest BCUT2D eigenvalue weighted by Crippen LogP contribution is -2.66. The van der Waals surface area contributed by atoms with Gasteiger partial charge < -0.3 is 48.5 Å². The van der Waals surface area contributed by atoms with Crippen molar-refractivity contribution in [3.8, 4) is 46.0 Å². The van der Waals surface area contributed by atoms with Crippen LogP contribution < -0.4 is 43.4 Å². The lowest BCUT2D eigenvalue weighted by atomic mass is 9.87. The Bertz CT molecular complexity index is 1410. The summed E-state index contributed by atoms with van der Waals surface area (Å²) < 4.78 is 37.6. The highest BCUT2D eigenvalue weighted by Crippen LogP contribution is 2.47. The molecule has 218 valence electrons. The Morgan fingerprint density at radius 3 is 1.63 bits per heavy atom. The molecule has 1 aliphatic rings. The third kappa shape index (κ3) is 5.15. The fraction of sp³-hybridized carbons (Fsp3) is 0.310. The lowest BCUT2D eigenvalue weighted by molar-refractivity contribution is -0.127. The summed E-state index contributed by atoms with van der Waals surface area (Å²) in [6, 6.07) is 9.31. The first kappa shape index (κ1) is 29.0. The number of β-lactam (4-membered cyclic amide) rings is 1. The van der Waals surface area contributed by atoms with Crippen LogP contribution in [0.2, 0.25) is 0 Å². The molecule has 4 rings (SSSR count). The maximum Gasteiger partial charge on any atom is 0.252 e. The van der Waals surface area contributed by atoms with Gasteiger partial charge in [0.05, 0.1) is 61.5 Å². The number of phenols is 1. The Labute approximate surface area is 237 Å². The van der Waals surface area contributed by atoms with E-state index in [9.17, 15) is 14.7 Å². The number of nitrogens with one attached hydrogen (secondary N) is 1. The molecule has 41 heavy (non-hydrogen) atoms. The largest absolute Gasteiger partial charge is 0.504 e. The minimum Gasteiger partial charge on any atom is -0.504 e. The molecule has 2 N–H and O–H groups in total. The average molecular weight is 569 g/mol. The molecule has 0 radical (unpaired) electrons. The number of anilines is 1. The van der Waals surface area contributed by atoms with Gasteiger partial charge in [-0.05, 0) is 29.8 Å². The van der Waals surface area contributed by atoms with Crippen LogP contribution in [-0.2, 0) is 4.79 Å². The molecule has 12 heteroatoms. The van der Waals surface area contributed by atoms with Crippen molar-refractivity contribution in [3.05, 3.63) is 53.6 Å². The Morgan fingerprint density at radius 1 is 0.707 bits per heavy atom. The minimum atomic E-state index is -0.992. The molecular formula is C29H32N2O10. The maximum absolute atomic E-state index is 13.7. The molecule has 12 nitrogen and oxygen atoms in total. The number of aromatic hydroxyl groups is 1. The molecule has 0 aromatic heterocycles. The molecule has 1 heterocycles. The van der Waals surface area contributed by atoms with E-state index in [0.29, 0.717) is 34.2 Å². The van der Waals surface area contributed by atoms with Gasteiger partial charge in [0, 0.05) is 17.7 Å². The van der Waals surface area contributed by atoms with Gasteiger partial charge in [-0.25, -0.2) is 0 Å². The Hall–Kier alpha value is -5.00. The quantitative estimate of drug-likeness (QED) is 0.332. The molecule has 0 unspecified atom stereocenters. The molecule has 0 saturated carbocycles. The Balaban J connectivity index is 1.76. The first-order valence-electron chi connectivity index (χ1n) is 12.4. The Morgan fingerprint density at radius 2 is 1.20 bits per heavy atom. The van der Waals surface area contributed by atoms with Crippen LogP contribution in [0.1, 0.15) is 22.0 Å². The van der Waals surface area contributed by atoms with Gasteiger partial charge in [-0.2, -0.15) is 0 Å². The van der Waals surface area contributed by atoms with Crippen LogP contribution in [0.3, 0.4) is 0 Å². The summed E-state index contributed by atoms with van der Waals surface area (Å²) in [5, 5.41) is 13.3. The van der Waals surface area contributed by atoms with Crippen molar-refractivity contribution in [3.63, 3.8) is 0 Å². The van der Waals surface area contributed by atoms with Crippen molar-refractivity contribution in [1.29, 1.82) is 0 Å². The van der Waals surface area contributed by atoms with E-state index in [1.807, 2.05) is 0 Å². The zero-order chi connectivity index (χ0) is 29.8. The van der Waals surface area contributed by atoms with Crippen LogP contribution in [-0.4, -0.2) is 72.7 Å². The second kappa shape index (κ2) is 12.0. The van der Waals surface area contributed by atoms with E-state index in [-0.39, 0.29) is 28.6 Å². The molecular weight excluding hydrogens is 536 g/mol. The highest BCUT2D eigenvalue weighted by Gasteiger charge is 2.50. The number of carbonyl (C=O) groups excluding carboxylic acids is 2. The molecule has 1 fully saturated rings. The molecule has 1 aliphatic heterocycles. The van der Waals surface area contributed by atoms with Crippen LogP contribution >= 0.6 is 0 Å². The normalized spacial score (nSPS) is 15.9. The van der Waals surface area contributed by atoms with Gasteiger partial charge in [-0.1, -0.05) is 6.07 Å². The summed E-state index contributed by atoms with van der Waals surface area (Å²) in [6.45, 7) is 0. The number of carbonyl (C=O) groups is 2. The molecule has 1 saturated heterocycles. The third-order valence-electron chi connectivity index (χ3n) is 6.78. The van der Waals surface area contributed by atoms with Crippen LogP contribution in [0, 0.1) is 0 Å². The molecule has 0 bridgehead atoms. The third-order valence-corrected chi connectivity index (χ3v) is 6.78. The van der Waals surface area contributed by atoms with Gasteiger partial charge in [-0.3, -0.25) is 9.59 Å². The zero-order valence-corrected chi connectivity index (χ0v) is 23.8. The summed E-state index contributed by atoms with van der Waals surface area (Å²) >= 11 is 0. The van der Waals surface area contributed by atoms with E-state index >= 15 is 0 Å². The Kier molecular flexibility index (Phi) is 8.51. The van der Waals surface area contributed by atoms with E-state index in [4.69, 9.17) is 33.2 Å². The number of methoxy groups -OCH3 is 7. The van der Waals surface area contributed by atoms with Crippen LogP contribution in [0.4, 0.5) is 5.69 Å². The van der Waals surface area contributed by atoms with E-state index < -0.39 is 23.9 Å².